The minimum atomic E-state index is -2.09. The number of rotatable bonds is 4. The maximum atomic E-state index is 12.4. The van der Waals surface area contributed by atoms with Crippen molar-refractivity contribution in [1.29, 1.82) is 0 Å². The van der Waals surface area contributed by atoms with Gasteiger partial charge < -0.3 is 14.6 Å². The van der Waals surface area contributed by atoms with E-state index in [2.05, 4.69) is 0 Å². The maximum absolute atomic E-state index is 12.4. The van der Waals surface area contributed by atoms with Crippen LogP contribution in [-0.4, -0.2) is 29.8 Å². The number of hydrogen-bond donors (Lipinski definition) is 1. The molecule has 5 heteroatoms. The molecule has 0 saturated carbocycles. The highest BCUT2D eigenvalue weighted by Crippen LogP contribution is 2.43. The standard InChI is InChI=1S/C17H20O5/c1-13(18)22-16(11-7-4-8-12-16)17(20,15(19)21-2)14-9-5-3-6-10-14/h3,5-7,9-11,20H,4,8,12H2,1-2H3. The minimum absolute atomic E-state index is 0.328. The SMILES string of the molecule is COC(=O)C(O)(c1ccccc1)C1(OC(C)=O)C=CCCC1. The van der Waals surface area contributed by atoms with Crippen molar-refractivity contribution in [3.63, 3.8) is 0 Å². The average Bonchev–Trinajstić information content (AvgIpc) is 2.54. The second-order valence-corrected chi connectivity index (χ2v) is 5.35. The fourth-order valence-corrected chi connectivity index (χ4v) is 2.92. The molecule has 0 saturated heterocycles. The number of methoxy groups -OCH3 is 1. The third-order valence-corrected chi connectivity index (χ3v) is 3.92. The molecular weight excluding hydrogens is 284 g/mol. The summed E-state index contributed by atoms with van der Waals surface area (Å²) in [6.45, 7) is 1.26. The fourth-order valence-electron chi connectivity index (χ4n) is 2.92. The molecule has 0 amide bonds. The minimum Gasteiger partial charge on any atom is -0.466 e. The Morgan fingerprint density at radius 3 is 2.45 bits per heavy atom. The van der Waals surface area contributed by atoms with Gasteiger partial charge in [0.15, 0.2) is 5.60 Å². The number of aliphatic hydroxyl groups is 1. The molecule has 0 aliphatic heterocycles. The number of esters is 2. The topological polar surface area (TPSA) is 72.8 Å². The van der Waals surface area contributed by atoms with Gasteiger partial charge >= 0.3 is 11.9 Å². The Labute approximate surface area is 129 Å². The van der Waals surface area contributed by atoms with Gasteiger partial charge in [-0.2, -0.15) is 0 Å². The van der Waals surface area contributed by atoms with Crippen LogP contribution in [0.25, 0.3) is 0 Å². The van der Waals surface area contributed by atoms with Crippen molar-refractivity contribution in [1.82, 2.24) is 0 Å². The summed E-state index contributed by atoms with van der Waals surface area (Å²) in [6.07, 6.45) is 5.24. The number of carbonyl (C=O) groups excluding carboxylic acids is 2. The Morgan fingerprint density at radius 1 is 1.27 bits per heavy atom. The second-order valence-electron chi connectivity index (χ2n) is 5.35. The summed E-state index contributed by atoms with van der Waals surface area (Å²) in [7, 11) is 1.20. The smallest absolute Gasteiger partial charge is 0.347 e. The zero-order valence-corrected chi connectivity index (χ0v) is 12.7. The van der Waals surface area contributed by atoms with E-state index in [0.29, 0.717) is 18.4 Å². The van der Waals surface area contributed by atoms with E-state index >= 15 is 0 Å². The Morgan fingerprint density at radius 2 is 1.95 bits per heavy atom. The van der Waals surface area contributed by atoms with Crippen LogP contribution in [0.1, 0.15) is 31.7 Å². The van der Waals surface area contributed by atoms with E-state index in [1.54, 1.807) is 36.4 Å². The molecule has 2 unspecified atom stereocenters. The van der Waals surface area contributed by atoms with Gasteiger partial charge in [0.25, 0.3) is 0 Å². The van der Waals surface area contributed by atoms with Crippen LogP contribution in [0.5, 0.6) is 0 Å². The van der Waals surface area contributed by atoms with Crippen LogP contribution in [0.2, 0.25) is 0 Å². The van der Waals surface area contributed by atoms with E-state index < -0.39 is 23.1 Å². The van der Waals surface area contributed by atoms with Crippen LogP contribution < -0.4 is 0 Å². The van der Waals surface area contributed by atoms with Gasteiger partial charge in [-0.3, -0.25) is 4.79 Å². The molecule has 5 nitrogen and oxygen atoms in total. The van der Waals surface area contributed by atoms with Crippen LogP contribution in [0, 0.1) is 0 Å². The first-order valence-corrected chi connectivity index (χ1v) is 7.20. The number of benzene rings is 1. The lowest BCUT2D eigenvalue weighted by Crippen LogP contribution is -2.59. The summed E-state index contributed by atoms with van der Waals surface area (Å²) in [5, 5.41) is 11.3. The molecule has 0 aromatic heterocycles. The third-order valence-electron chi connectivity index (χ3n) is 3.92. The van der Waals surface area contributed by atoms with E-state index in [-0.39, 0.29) is 0 Å². The Kier molecular flexibility index (Phi) is 4.66. The van der Waals surface area contributed by atoms with E-state index in [4.69, 9.17) is 9.47 Å². The molecule has 2 rings (SSSR count). The molecule has 0 bridgehead atoms. The molecule has 1 N–H and O–H groups in total. The molecule has 1 aromatic carbocycles. The van der Waals surface area contributed by atoms with Gasteiger partial charge in [-0.1, -0.05) is 36.4 Å². The molecule has 1 aliphatic rings. The summed E-state index contributed by atoms with van der Waals surface area (Å²) < 4.78 is 10.3. The highest BCUT2D eigenvalue weighted by molar-refractivity contribution is 5.84. The van der Waals surface area contributed by atoms with Crippen molar-refractivity contribution in [3.05, 3.63) is 48.0 Å². The van der Waals surface area contributed by atoms with Gasteiger partial charge in [0.2, 0.25) is 5.60 Å². The van der Waals surface area contributed by atoms with E-state index in [9.17, 15) is 14.7 Å². The molecular formula is C17H20O5. The van der Waals surface area contributed by atoms with Gasteiger partial charge in [0.1, 0.15) is 0 Å². The van der Waals surface area contributed by atoms with Crippen LogP contribution >= 0.6 is 0 Å². The van der Waals surface area contributed by atoms with Crippen molar-refractivity contribution < 1.29 is 24.2 Å². The molecule has 1 aromatic rings. The van der Waals surface area contributed by atoms with Gasteiger partial charge in [-0.05, 0) is 30.9 Å². The number of allylic oxidation sites excluding steroid dienone is 1. The lowest BCUT2D eigenvalue weighted by Gasteiger charge is -2.44. The van der Waals surface area contributed by atoms with Crippen molar-refractivity contribution in [2.24, 2.45) is 0 Å². The lowest BCUT2D eigenvalue weighted by atomic mass is 9.72. The second kappa shape index (κ2) is 6.32. The quantitative estimate of drug-likeness (QED) is 0.681. The van der Waals surface area contributed by atoms with E-state index in [1.165, 1.54) is 14.0 Å². The van der Waals surface area contributed by atoms with Gasteiger partial charge in [-0.15, -0.1) is 0 Å². The van der Waals surface area contributed by atoms with E-state index in [1.807, 2.05) is 6.08 Å². The maximum Gasteiger partial charge on any atom is 0.347 e. The van der Waals surface area contributed by atoms with Crippen LogP contribution in [-0.2, 0) is 24.7 Å². The first kappa shape index (κ1) is 16.2. The lowest BCUT2D eigenvalue weighted by molar-refractivity contribution is -0.205. The molecule has 0 radical (unpaired) electrons. The van der Waals surface area contributed by atoms with E-state index in [0.717, 1.165) is 6.42 Å². The van der Waals surface area contributed by atoms with Gasteiger partial charge in [-0.25, -0.2) is 4.79 Å². The molecule has 0 heterocycles. The van der Waals surface area contributed by atoms with Crippen molar-refractivity contribution in [2.45, 2.75) is 37.4 Å². The zero-order chi connectivity index (χ0) is 16.2. The predicted octanol–water partition coefficient (Wildman–Crippen LogP) is 2.09. The largest absolute Gasteiger partial charge is 0.466 e. The normalized spacial score (nSPS) is 23.4. The molecule has 118 valence electrons. The third kappa shape index (κ3) is 2.64. The summed E-state index contributed by atoms with van der Waals surface area (Å²) in [4.78, 5) is 24.0. The molecule has 2 atom stereocenters. The van der Waals surface area contributed by atoms with Crippen molar-refractivity contribution >= 4 is 11.9 Å². The predicted molar refractivity (Wildman–Crippen MR) is 79.8 cm³/mol. The first-order chi connectivity index (χ1) is 10.5. The summed E-state index contributed by atoms with van der Waals surface area (Å²) in [6, 6.07) is 8.42. The highest BCUT2D eigenvalue weighted by atomic mass is 16.6. The molecule has 0 fully saturated rings. The number of hydrogen-bond acceptors (Lipinski definition) is 5. The molecule has 22 heavy (non-hydrogen) atoms. The van der Waals surface area contributed by atoms with Crippen molar-refractivity contribution in [2.75, 3.05) is 7.11 Å². The number of ether oxygens (including phenoxy) is 2. The Balaban J connectivity index is 2.64. The average molecular weight is 304 g/mol. The fraction of sp³-hybridized carbons (Fsp3) is 0.412. The summed E-state index contributed by atoms with van der Waals surface area (Å²) >= 11 is 0. The van der Waals surface area contributed by atoms with Crippen LogP contribution in [0.4, 0.5) is 0 Å². The first-order valence-electron chi connectivity index (χ1n) is 7.20. The van der Waals surface area contributed by atoms with Crippen molar-refractivity contribution in [3.8, 4) is 0 Å². The van der Waals surface area contributed by atoms with Crippen LogP contribution in [0.3, 0.4) is 0 Å². The highest BCUT2D eigenvalue weighted by Gasteiger charge is 2.59. The van der Waals surface area contributed by atoms with Gasteiger partial charge in [0.05, 0.1) is 7.11 Å². The summed E-state index contributed by atoms with van der Waals surface area (Å²) in [5.74, 6) is -1.42. The molecule has 0 spiro atoms. The number of carbonyl (C=O) groups is 2. The Bertz CT molecular complexity index is 580. The monoisotopic (exact) mass is 304 g/mol. The van der Waals surface area contributed by atoms with Crippen LogP contribution in [0.15, 0.2) is 42.5 Å². The zero-order valence-electron chi connectivity index (χ0n) is 12.7. The summed E-state index contributed by atoms with van der Waals surface area (Å²) in [5.41, 5.74) is -3.23. The Hall–Kier alpha value is -2.14. The van der Waals surface area contributed by atoms with Gasteiger partial charge in [0, 0.05) is 6.92 Å². The molecule has 1 aliphatic carbocycles.